The van der Waals surface area contributed by atoms with Gasteiger partial charge in [-0.1, -0.05) is 19.1 Å². The zero-order valence-electron chi connectivity index (χ0n) is 17.2. The van der Waals surface area contributed by atoms with Gasteiger partial charge in [-0.2, -0.15) is 0 Å². The van der Waals surface area contributed by atoms with E-state index in [1.165, 1.54) is 0 Å². The molecule has 4 amide bonds. The van der Waals surface area contributed by atoms with Crippen LogP contribution in [0.2, 0.25) is 0 Å². The second-order valence-corrected chi connectivity index (χ2v) is 7.55. The molecule has 3 rings (SSSR count). The lowest BCUT2D eigenvalue weighted by Gasteiger charge is -2.35. The monoisotopic (exact) mass is 416 g/mol. The maximum atomic E-state index is 12.5. The summed E-state index contributed by atoms with van der Waals surface area (Å²) in [7, 11) is 0. The summed E-state index contributed by atoms with van der Waals surface area (Å²) in [4.78, 5) is 50.3. The fourth-order valence-corrected chi connectivity index (χ4v) is 3.86. The van der Waals surface area contributed by atoms with Crippen LogP contribution in [0.3, 0.4) is 0 Å². The van der Waals surface area contributed by atoms with Crippen molar-refractivity contribution in [2.75, 3.05) is 44.7 Å². The SMILES string of the molecule is CC[C@]1(c2ccc(NC(=O)C(=O)NCCN3CCOCC3)cc2)CCC(=O)NC1=O. The van der Waals surface area contributed by atoms with Crippen molar-refractivity contribution in [1.29, 1.82) is 0 Å². The van der Waals surface area contributed by atoms with Gasteiger partial charge in [0.1, 0.15) is 0 Å². The van der Waals surface area contributed by atoms with Crippen LogP contribution in [0.1, 0.15) is 31.7 Å². The first kappa shape index (κ1) is 21.9. The van der Waals surface area contributed by atoms with Crippen LogP contribution in [0.25, 0.3) is 0 Å². The van der Waals surface area contributed by atoms with Crippen LogP contribution < -0.4 is 16.0 Å². The molecule has 2 heterocycles. The first-order valence-electron chi connectivity index (χ1n) is 10.3. The molecule has 9 heteroatoms. The summed E-state index contributed by atoms with van der Waals surface area (Å²) < 4.78 is 5.27. The standard InChI is InChI=1S/C21H28N4O5/c1-2-21(8-7-17(26)24-20(21)29)15-3-5-16(6-4-15)23-19(28)18(27)22-9-10-25-11-13-30-14-12-25/h3-6H,2,7-14H2,1H3,(H,22,27)(H,23,28)(H,24,26,29)/t21-/m1/s1. The average molecular weight is 416 g/mol. The third-order valence-corrected chi connectivity index (χ3v) is 5.79. The first-order chi connectivity index (χ1) is 14.4. The number of imide groups is 1. The predicted molar refractivity (Wildman–Crippen MR) is 110 cm³/mol. The fourth-order valence-electron chi connectivity index (χ4n) is 3.86. The molecule has 162 valence electrons. The fraction of sp³-hybridized carbons (Fsp3) is 0.524. The number of hydrogen-bond acceptors (Lipinski definition) is 6. The van der Waals surface area contributed by atoms with Crippen molar-refractivity contribution in [3.63, 3.8) is 0 Å². The number of ether oxygens (including phenoxy) is 1. The lowest BCUT2D eigenvalue weighted by atomic mass is 9.72. The van der Waals surface area contributed by atoms with Gasteiger partial charge in [0.2, 0.25) is 11.8 Å². The lowest BCUT2D eigenvalue weighted by molar-refractivity contribution is -0.138. The van der Waals surface area contributed by atoms with E-state index in [0.29, 0.717) is 51.3 Å². The molecule has 3 N–H and O–H groups in total. The number of nitrogens with zero attached hydrogens (tertiary/aromatic N) is 1. The molecule has 30 heavy (non-hydrogen) atoms. The highest BCUT2D eigenvalue weighted by Crippen LogP contribution is 2.36. The molecule has 0 saturated carbocycles. The van der Waals surface area contributed by atoms with Gasteiger partial charge in [-0.05, 0) is 30.5 Å². The highest BCUT2D eigenvalue weighted by molar-refractivity contribution is 6.39. The molecule has 2 aliphatic rings. The van der Waals surface area contributed by atoms with Crippen LogP contribution in [0.15, 0.2) is 24.3 Å². The van der Waals surface area contributed by atoms with Crippen molar-refractivity contribution >= 4 is 29.3 Å². The summed E-state index contributed by atoms with van der Waals surface area (Å²) in [5.74, 6) is -1.98. The number of benzene rings is 1. The number of anilines is 1. The van der Waals surface area contributed by atoms with Gasteiger partial charge in [0.05, 0.1) is 18.6 Å². The number of rotatable bonds is 6. The van der Waals surface area contributed by atoms with Crippen molar-refractivity contribution < 1.29 is 23.9 Å². The molecule has 2 aliphatic heterocycles. The molecule has 0 aliphatic carbocycles. The molecular weight excluding hydrogens is 388 g/mol. The van der Waals surface area contributed by atoms with Crippen molar-refractivity contribution in [3.05, 3.63) is 29.8 Å². The molecular formula is C21H28N4O5. The van der Waals surface area contributed by atoms with Crippen LogP contribution in [-0.4, -0.2) is 67.9 Å². The van der Waals surface area contributed by atoms with Crippen LogP contribution in [-0.2, 0) is 29.3 Å². The molecule has 0 bridgehead atoms. The molecule has 1 aromatic carbocycles. The van der Waals surface area contributed by atoms with Crippen LogP contribution in [0.4, 0.5) is 5.69 Å². The quantitative estimate of drug-likeness (QED) is 0.449. The van der Waals surface area contributed by atoms with Gasteiger partial charge in [-0.3, -0.25) is 29.4 Å². The van der Waals surface area contributed by atoms with Crippen LogP contribution in [0, 0.1) is 0 Å². The van der Waals surface area contributed by atoms with Gasteiger partial charge < -0.3 is 15.4 Å². The minimum atomic E-state index is -0.757. The molecule has 9 nitrogen and oxygen atoms in total. The van der Waals surface area contributed by atoms with Crippen molar-refractivity contribution in [2.24, 2.45) is 0 Å². The highest BCUT2D eigenvalue weighted by atomic mass is 16.5. The van der Waals surface area contributed by atoms with Crippen LogP contribution in [0.5, 0.6) is 0 Å². The Hall–Kier alpha value is -2.78. The maximum absolute atomic E-state index is 12.5. The number of nitrogens with one attached hydrogen (secondary N) is 3. The van der Waals surface area contributed by atoms with Crippen molar-refractivity contribution in [2.45, 2.75) is 31.6 Å². The largest absolute Gasteiger partial charge is 0.379 e. The van der Waals surface area contributed by atoms with E-state index in [-0.39, 0.29) is 11.8 Å². The van der Waals surface area contributed by atoms with E-state index in [9.17, 15) is 19.2 Å². The van der Waals surface area contributed by atoms with E-state index in [2.05, 4.69) is 20.9 Å². The highest BCUT2D eigenvalue weighted by Gasteiger charge is 2.42. The third kappa shape index (κ3) is 5.03. The molecule has 2 saturated heterocycles. The van der Waals surface area contributed by atoms with Gasteiger partial charge in [-0.25, -0.2) is 0 Å². The Balaban J connectivity index is 1.53. The van der Waals surface area contributed by atoms with E-state index in [1.807, 2.05) is 6.92 Å². The lowest BCUT2D eigenvalue weighted by Crippen LogP contribution is -2.51. The topological polar surface area (TPSA) is 117 Å². The summed E-state index contributed by atoms with van der Waals surface area (Å²) in [5.41, 5.74) is 0.487. The average Bonchev–Trinajstić information content (AvgIpc) is 2.75. The molecule has 0 spiro atoms. The van der Waals surface area contributed by atoms with E-state index in [4.69, 9.17) is 4.74 Å². The van der Waals surface area contributed by atoms with Gasteiger partial charge in [0, 0.05) is 38.3 Å². The predicted octanol–water partition coefficient (Wildman–Crippen LogP) is 0.158. The Bertz CT molecular complexity index is 804. The van der Waals surface area contributed by atoms with Crippen molar-refractivity contribution in [3.8, 4) is 0 Å². The molecule has 0 unspecified atom stereocenters. The third-order valence-electron chi connectivity index (χ3n) is 5.79. The normalized spacial score (nSPS) is 22.3. The summed E-state index contributed by atoms with van der Waals surface area (Å²) in [6.07, 6.45) is 1.30. The van der Waals surface area contributed by atoms with Crippen molar-refractivity contribution in [1.82, 2.24) is 15.5 Å². The maximum Gasteiger partial charge on any atom is 0.313 e. The second kappa shape index (κ2) is 9.82. The number of amides is 4. The number of hydrogen-bond donors (Lipinski definition) is 3. The first-order valence-corrected chi connectivity index (χ1v) is 10.3. The van der Waals surface area contributed by atoms with Crippen LogP contribution >= 0.6 is 0 Å². The summed E-state index contributed by atoms with van der Waals surface area (Å²) in [5, 5.41) is 7.60. The Morgan fingerprint density at radius 1 is 1.13 bits per heavy atom. The van der Waals surface area contributed by atoms with E-state index >= 15 is 0 Å². The van der Waals surface area contributed by atoms with E-state index in [0.717, 1.165) is 18.7 Å². The molecule has 0 aromatic heterocycles. The molecule has 1 aromatic rings. The number of carbonyl (C=O) groups is 4. The molecule has 2 fully saturated rings. The Morgan fingerprint density at radius 3 is 2.47 bits per heavy atom. The molecule has 1 atom stereocenters. The number of morpholine rings is 1. The van der Waals surface area contributed by atoms with E-state index < -0.39 is 17.2 Å². The Morgan fingerprint density at radius 2 is 1.83 bits per heavy atom. The van der Waals surface area contributed by atoms with Gasteiger partial charge >= 0.3 is 11.8 Å². The smallest absolute Gasteiger partial charge is 0.313 e. The number of carbonyl (C=O) groups excluding carboxylic acids is 4. The van der Waals surface area contributed by atoms with Gasteiger partial charge in [-0.15, -0.1) is 0 Å². The zero-order chi connectivity index (χ0) is 21.6. The Labute approximate surface area is 175 Å². The summed E-state index contributed by atoms with van der Waals surface area (Å²) in [6.45, 7) is 5.97. The Kier molecular flexibility index (Phi) is 7.17. The van der Waals surface area contributed by atoms with Gasteiger partial charge in [0.25, 0.3) is 0 Å². The molecule has 0 radical (unpaired) electrons. The zero-order valence-corrected chi connectivity index (χ0v) is 17.2. The summed E-state index contributed by atoms with van der Waals surface area (Å²) >= 11 is 0. The minimum absolute atomic E-state index is 0.257. The van der Waals surface area contributed by atoms with E-state index in [1.54, 1.807) is 24.3 Å². The van der Waals surface area contributed by atoms with Gasteiger partial charge in [0.15, 0.2) is 0 Å². The minimum Gasteiger partial charge on any atom is -0.379 e. The summed E-state index contributed by atoms with van der Waals surface area (Å²) in [6, 6.07) is 6.83. The number of piperidine rings is 1. The second-order valence-electron chi connectivity index (χ2n) is 7.55.